The number of hydrogen-bond acceptors (Lipinski definition) is 4. The molecule has 0 bridgehead atoms. The molecule has 1 aromatic carbocycles. The van der Waals surface area contributed by atoms with Crippen LogP contribution in [0.1, 0.15) is 0 Å². The van der Waals surface area contributed by atoms with Crippen molar-refractivity contribution in [1.82, 2.24) is 9.97 Å². The van der Waals surface area contributed by atoms with E-state index in [4.69, 9.17) is 0 Å². The molecule has 0 saturated heterocycles. The standard InChI is InChI=1S/C8H6N2O2S/c11-13(12)8-9-5-6-3-1-2-4-7(6)10-8/h1-5H,(H,11,12)/p-1. The molecule has 0 aliphatic heterocycles. The van der Waals surface area contributed by atoms with Crippen LogP contribution in [0.25, 0.3) is 10.9 Å². The van der Waals surface area contributed by atoms with Gasteiger partial charge in [-0.25, -0.2) is 9.97 Å². The van der Waals surface area contributed by atoms with Gasteiger partial charge in [-0.3, -0.25) is 4.21 Å². The van der Waals surface area contributed by atoms with Crippen LogP contribution in [0.3, 0.4) is 0 Å². The van der Waals surface area contributed by atoms with Crippen molar-refractivity contribution in [2.24, 2.45) is 0 Å². The van der Waals surface area contributed by atoms with Crippen molar-refractivity contribution < 1.29 is 8.76 Å². The summed E-state index contributed by atoms with van der Waals surface area (Å²) in [6.45, 7) is 0. The van der Waals surface area contributed by atoms with E-state index in [2.05, 4.69) is 9.97 Å². The van der Waals surface area contributed by atoms with Crippen molar-refractivity contribution in [3.63, 3.8) is 0 Å². The Balaban J connectivity index is 2.69. The van der Waals surface area contributed by atoms with Crippen LogP contribution in [0.5, 0.6) is 0 Å². The summed E-state index contributed by atoms with van der Waals surface area (Å²) in [5.41, 5.74) is 0.636. The zero-order valence-corrected chi connectivity index (χ0v) is 7.32. The molecule has 0 fully saturated rings. The molecule has 13 heavy (non-hydrogen) atoms. The van der Waals surface area contributed by atoms with Gasteiger partial charge in [0, 0.05) is 22.7 Å². The quantitative estimate of drug-likeness (QED) is 0.498. The Morgan fingerprint density at radius 1 is 1.31 bits per heavy atom. The molecule has 0 aliphatic rings. The molecule has 1 atom stereocenters. The first-order valence-corrected chi connectivity index (χ1v) is 4.66. The summed E-state index contributed by atoms with van der Waals surface area (Å²) >= 11 is -2.36. The molecule has 0 radical (unpaired) electrons. The van der Waals surface area contributed by atoms with E-state index in [1.165, 1.54) is 6.20 Å². The minimum atomic E-state index is -2.36. The highest BCUT2D eigenvalue weighted by Crippen LogP contribution is 2.10. The molecule has 0 N–H and O–H groups in total. The predicted octanol–water partition coefficient (Wildman–Crippen LogP) is 0.868. The van der Waals surface area contributed by atoms with Crippen LogP contribution in [0.4, 0.5) is 0 Å². The summed E-state index contributed by atoms with van der Waals surface area (Å²) < 4.78 is 21.0. The summed E-state index contributed by atoms with van der Waals surface area (Å²) in [5.74, 6) is 0. The number of hydrogen-bond donors (Lipinski definition) is 0. The van der Waals surface area contributed by atoms with Gasteiger partial charge in [0.05, 0.1) is 5.52 Å². The van der Waals surface area contributed by atoms with Crippen molar-refractivity contribution >= 4 is 22.0 Å². The molecule has 0 spiro atoms. The number of para-hydroxylation sites is 1. The predicted molar refractivity (Wildman–Crippen MR) is 46.7 cm³/mol. The molecule has 1 unspecified atom stereocenters. The van der Waals surface area contributed by atoms with Gasteiger partial charge in [0.2, 0.25) is 5.16 Å². The van der Waals surface area contributed by atoms with Gasteiger partial charge in [-0.2, -0.15) is 0 Å². The number of fused-ring (bicyclic) bond motifs is 1. The van der Waals surface area contributed by atoms with Gasteiger partial charge in [0.25, 0.3) is 0 Å². The smallest absolute Gasteiger partial charge is 0.205 e. The molecule has 0 aliphatic carbocycles. The van der Waals surface area contributed by atoms with Crippen molar-refractivity contribution in [2.75, 3.05) is 0 Å². The van der Waals surface area contributed by atoms with Gasteiger partial charge in [0.15, 0.2) is 0 Å². The fourth-order valence-corrected chi connectivity index (χ4v) is 1.35. The Kier molecular flexibility index (Phi) is 2.03. The van der Waals surface area contributed by atoms with E-state index in [9.17, 15) is 8.76 Å². The van der Waals surface area contributed by atoms with Crippen LogP contribution in [-0.2, 0) is 11.1 Å². The van der Waals surface area contributed by atoms with Gasteiger partial charge >= 0.3 is 0 Å². The van der Waals surface area contributed by atoms with Gasteiger partial charge in [0.1, 0.15) is 0 Å². The average Bonchev–Trinajstić information content (AvgIpc) is 2.17. The Morgan fingerprint density at radius 3 is 2.85 bits per heavy atom. The zero-order chi connectivity index (χ0) is 9.26. The number of aromatic nitrogens is 2. The molecule has 0 saturated carbocycles. The average molecular weight is 193 g/mol. The Morgan fingerprint density at radius 2 is 2.08 bits per heavy atom. The first-order chi connectivity index (χ1) is 6.27. The normalized spacial score (nSPS) is 13.0. The zero-order valence-electron chi connectivity index (χ0n) is 6.51. The molecule has 0 amide bonds. The van der Waals surface area contributed by atoms with E-state index in [1.54, 1.807) is 12.1 Å². The summed E-state index contributed by atoms with van der Waals surface area (Å²) in [6.07, 6.45) is 1.49. The molecular weight excluding hydrogens is 188 g/mol. The van der Waals surface area contributed by atoms with Crippen LogP contribution in [0.15, 0.2) is 35.6 Å². The molecule has 66 valence electrons. The molecule has 2 rings (SSSR count). The fourth-order valence-electron chi connectivity index (χ4n) is 1.04. The highest BCUT2D eigenvalue weighted by Gasteiger charge is 1.98. The third kappa shape index (κ3) is 1.56. The van der Waals surface area contributed by atoms with Crippen molar-refractivity contribution in [1.29, 1.82) is 0 Å². The van der Waals surface area contributed by atoms with E-state index in [0.29, 0.717) is 5.52 Å². The van der Waals surface area contributed by atoms with Crippen LogP contribution in [-0.4, -0.2) is 18.7 Å². The molecule has 1 heterocycles. The van der Waals surface area contributed by atoms with E-state index in [0.717, 1.165) is 5.39 Å². The third-order valence-electron chi connectivity index (χ3n) is 1.62. The van der Waals surface area contributed by atoms with E-state index in [-0.39, 0.29) is 5.16 Å². The second kappa shape index (κ2) is 3.20. The highest BCUT2D eigenvalue weighted by atomic mass is 32.2. The second-order valence-corrected chi connectivity index (χ2v) is 3.28. The minimum Gasteiger partial charge on any atom is -0.766 e. The second-order valence-electron chi connectivity index (χ2n) is 2.45. The van der Waals surface area contributed by atoms with Gasteiger partial charge in [-0.1, -0.05) is 18.2 Å². The summed E-state index contributed by atoms with van der Waals surface area (Å²) in [5, 5.41) is 0.662. The number of rotatable bonds is 1. The van der Waals surface area contributed by atoms with E-state index < -0.39 is 11.1 Å². The summed E-state index contributed by atoms with van der Waals surface area (Å²) in [6, 6.07) is 7.21. The Labute approximate surface area is 76.9 Å². The van der Waals surface area contributed by atoms with Gasteiger partial charge in [-0.15, -0.1) is 0 Å². The molecule has 4 nitrogen and oxygen atoms in total. The van der Waals surface area contributed by atoms with E-state index in [1.807, 2.05) is 12.1 Å². The lowest BCUT2D eigenvalue weighted by Gasteiger charge is -2.03. The Hall–Kier alpha value is -1.33. The van der Waals surface area contributed by atoms with Crippen molar-refractivity contribution in [3.05, 3.63) is 30.5 Å². The maximum atomic E-state index is 10.5. The lowest BCUT2D eigenvalue weighted by atomic mass is 10.2. The first kappa shape index (κ1) is 8.28. The third-order valence-corrected chi connectivity index (χ3v) is 2.11. The summed E-state index contributed by atoms with van der Waals surface area (Å²) in [4.78, 5) is 7.53. The van der Waals surface area contributed by atoms with Gasteiger partial charge in [-0.05, 0) is 6.07 Å². The molecule has 1 aromatic heterocycles. The van der Waals surface area contributed by atoms with Crippen LogP contribution < -0.4 is 0 Å². The number of nitrogens with zero attached hydrogens (tertiary/aromatic N) is 2. The maximum absolute atomic E-state index is 10.5. The van der Waals surface area contributed by atoms with Crippen LogP contribution in [0, 0.1) is 0 Å². The topological polar surface area (TPSA) is 65.9 Å². The lowest BCUT2D eigenvalue weighted by Crippen LogP contribution is -1.97. The highest BCUT2D eigenvalue weighted by molar-refractivity contribution is 7.78. The number of benzene rings is 1. The maximum Gasteiger partial charge on any atom is 0.205 e. The SMILES string of the molecule is O=S([O-])c1ncc2ccccc2n1. The Bertz CT molecular complexity index is 472. The lowest BCUT2D eigenvalue weighted by molar-refractivity contribution is 0.529. The monoisotopic (exact) mass is 193 g/mol. The minimum absolute atomic E-state index is 0.168. The molecule has 2 aromatic rings. The van der Waals surface area contributed by atoms with Gasteiger partial charge < -0.3 is 4.55 Å². The van der Waals surface area contributed by atoms with Crippen molar-refractivity contribution in [2.45, 2.75) is 5.16 Å². The fraction of sp³-hybridized carbons (Fsp3) is 0. The largest absolute Gasteiger partial charge is 0.766 e. The summed E-state index contributed by atoms with van der Waals surface area (Å²) in [7, 11) is 0. The van der Waals surface area contributed by atoms with E-state index >= 15 is 0 Å². The van der Waals surface area contributed by atoms with Crippen LogP contribution in [0.2, 0.25) is 0 Å². The molecular formula is C8H5N2O2S-. The van der Waals surface area contributed by atoms with Crippen molar-refractivity contribution in [3.8, 4) is 0 Å². The molecule has 5 heteroatoms. The van der Waals surface area contributed by atoms with Crippen LogP contribution >= 0.6 is 0 Å². The first-order valence-electron chi connectivity index (χ1n) is 3.58.